The first kappa shape index (κ1) is 17.9. The molecular formula is C14H25ClN4O2. The summed E-state index contributed by atoms with van der Waals surface area (Å²) in [6, 6.07) is 1.47. The van der Waals surface area contributed by atoms with E-state index in [9.17, 15) is 4.79 Å². The Morgan fingerprint density at radius 2 is 2.24 bits per heavy atom. The van der Waals surface area contributed by atoms with Crippen LogP contribution < -0.4 is 11.1 Å². The molecule has 1 aliphatic rings. The molecule has 1 saturated heterocycles. The van der Waals surface area contributed by atoms with Crippen LogP contribution in [0.1, 0.15) is 19.8 Å². The number of ether oxygens (including phenoxy) is 1. The summed E-state index contributed by atoms with van der Waals surface area (Å²) in [5.41, 5.74) is 6.03. The number of hydrogen-bond acceptors (Lipinski definition) is 4. The highest BCUT2D eigenvalue weighted by Gasteiger charge is 2.26. The Hall–Kier alpha value is -1.11. The Morgan fingerprint density at radius 3 is 2.86 bits per heavy atom. The number of nitrogens with one attached hydrogen (secondary N) is 1. The second kappa shape index (κ2) is 9.02. The summed E-state index contributed by atoms with van der Waals surface area (Å²) in [6.45, 7) is 4.92. The third-order valence-corrected chi connectivity index (χ3v) is 3.76. The fourth-order valence-electron chi connectivity index (χ4n) is 2.47. The summed E-state index contributed by atoms with van der Waals surface area (Å²) >= 11 is 0. The molecule has 2 rings (SSSR count). The van der Waals surface area contributed by atoms with Crippen molar-refractivity contribution in [1.82, 2.24) is 15.1 Å². The van der Waals surface area contributed by atoms with Crippen LogP contribution in [0.25, 0.3) is 0 Å². The molecule has 1 fully saturated rings. The monoisotopic (exact) mass is 316 g/mol. The molecule has 21 heavy (non-hydrogen) atoms. The van der Waals surface area contributed by atoms with E-state index >= 15 is 0 Å². The van der Waals surface area contributed by atoms with Gasteiger partial charge >= 0.3 is 0 Å². The molecule has 0 aromatic carbocycles. The number of hydrogen-bond donors (Lipinski definition) is 2. The summed E-state index contributed by atoms with van der Waals surface area (Å²) < 4.78 is 7.16. The molecule has 0 bridgehead atoms. The summed E-state index contributed by atoms with van der Waals surface area (Å²) in [4.78, 5) is 12.0. The van der Waals surface area contributed by atoms with Gasteiger partial charge < -0.3 is 15.8 Å². The minimum Gasteiger partial charge on any atom is -0.381 e. The fraction of sp³-hybridized carbons (Fsp3) is 0.714. The van der Waals surface area contributed by atoms with E-state index in [1.54, 1.807) is 6.20 Å². The molecule has 3 N–H and O–H groups in total. The summed E-state index contributed by atoms with van der Waals surface area (Å²) in [5, 5.41) is 7.10. The largest absolute Gasteiger partial charge is 0.381 e. The molecular weight excluding hydrogens is 292 g/mol. The molecule has 6 nitrogen and oxygen atoms in total. The summed E-state index contributed by atoms with van der Waals surface area (Å²) in [6.07, 6.45) is 5.42. The standard InChI is InChI=1S/C14H24N4O2.ClH/c1-11(10-18-6-2-5-17-18)9-16-14(19)13(15)12-3-7-20-8-4-12;/h2,5-6,11-13H,3-4,7-10,15H2,1H3,(H,16,19);1H. The number of rotatable bonds is 6. The third-order valence-electron chi connectivity index (χ3n) is 3.76. The highest BCUT2D eigenvalue weighted by atomic mass is 35.5. The maximum Gasteiger partial charge on any atom is 0.237 e. The Kier molecular flexibility index (Phi) is 7.71. The van der Waals surface area contributed by atoms with Gasteiger partial charge in [0.25, 0.3) is 0 Å². The van der Waals surface area contributed by atoms with Gasteiger partial charge in [-0.15, -0.1) is 12.4 Å². The van der Waals surface area contributed by atoms with Crippen molar-refractivity contribution in [3.05, 3.63) is 18.5 Å². The minimum atomic E-state index is -0.421. The molecule has 1 amide bonds. The molecule has 1 aliphatic heterocycles. The van der Waals surface area contributed by atoms with Gasteiger partial charge in [-0.25, -0.2) is 0 Å². The zero-order valence-corrected chi connectivity index (χ0v) is 13.2. The van der Waals surface area contributed by atoms with Crippen molar-refractivity contribution in [2.24, 2.45) is 17.6 Å². The van der Waals surface area contributed by atoms with E-state index in [0.717, 1.165) is 19.4 Å². The molecule has 2 atom stereocenters. The van der Waals surface area contributed by atoms with Crippen LogP contribution in [0.4, 0.5) is 0 Å². The second-order valence-corrected chi connectivity index (χ2v) is 5.55. The predicted octanol–water partition coefficient (Wildman–Crippen LogP) is 0.811. The first-order valence-electron chi connectivity index (χ1n) is 7.25. The Morgan fingerprint density at radius 1 is 1.52 bits per heavy atom. The van der Waals surface area contributed by atoms with Crippen LogP contribution in [-0.2, 0) is 16.1 Å². The van der Waals surface area contributed by atoms with Crippen LogP contribution in [-0.4, -0.2) is 41.5 Å². The molecule has 1 aromatic rings. The molecule has 0 spiro atoms. The number of amides is 1. The lowest BCUT2D eigenvalue weighted by Crippen LogP contribution is -2.48. The maximum atomic E-state index is 12.0. The predicted molar refractivity (Wildman–Crippen MR) is 83.2 cm³/mol. The number of halogens is 1. The van der Waals surface area contributed by atoms with E-state index in [4.69, 9.17) is 10.5 Å². The van der Waals surface area contributed by atoms with Crippen LogP contribution in [0.3, 0.4) is 0 Å². The van der Waals surface area contributed by atoms with Gasteiger partial charge in [0, 0.05) is 38.7 Å². The Balaban J connectivity index is 0.00000220. The van der Waals surface area contributed by atoms with Gasteiger partial charge in [0.1, 0.15) is 0 Å². The van der Waals surface area contributed by atoms with E-state index in [1.807, 2.05) is 16.9 Å². The summed E-state index contributed by atoms with van der Waals surface area (Å²) in [5.74, 6) is 0.509. The normalized spacial score (nSPS) is 18.6. The highest BCUT2D eigenvalue weighted by molar-refractivity contribution is 5.85. The van der Waals surface area contributed by atoms with Gasteiger partial charge in [0.05, 0.1) is 6.04 Å². The zero-order valence-electron chi connectivity index (χ0n) is 12.4. The van der Waals surface area contributed by atoms with Crippen LogP contribution in [0, 0.1) is 11.8 Å². The number of carbonyl (C=O) groups is 1. The van der Waals surface area contributed by atoms with Crippen molar-refractivity contribution in [1.29, 1.82) is 0 Å². The first-order valence-corrected chi connectivity index (χ1v) is 7.25. The fourth-order valence-corrected chi connectivity index (χ4v) is 2.47. The zero-order chi connectivity index (χ0) is 14.4. The van der Waals surface area contributed by atoms with Crippen LogP contribution >= 0.6 is 12.4 Å². The number of nitrogens with zero attached hydrogens (tertiary/aromatic N) is 2. The van der Waals surface area contributed by atoms with Crippen LogP contribution in [0.15, 0.2) is 18.5 Å². The molecule has 0 aliphatic carbocycles. The average Bonchev–Trinajstić information content (AvgIpc) is 2.97. The van der Waals surface area contributed by atoms with Gasteiger partial charge in [0.2, 0.25) is 5.91 Å². The van der Waals surface area contributed by atoms with Crippen LogP contribution in [0.5, 0.6) is 0 Å². The molecule has 2 unspecified atom stereocenters. The smallest absolute Gasteiger partial charge is 0.237 e. The van der Waals surface area contributed by atoms with Crippen molar-refractivity contribution in [3.63, 3.8) is 0 Å². The van der Waals surface area contributed by atoms with E-state index < -0.39 is 6.04 Å². The van der Waals surface area contributed by atoms with Crippen molar-refractivity contribution < 1.29 is 9.53 Å². The molecule has 7 heteroatoms. The van der Waals surface area contributed by atoms with Gasteiger partial charge in [-0.05, 0) is 30.7 Å². The van der Waals surface area contributed by atoms with Gasteiger partial charge in [-0.2, -0.15) is 5.10 Å². The van der Waals surface area contributed by atoms with E-state index in [0.29, 0.717) is 25.7 Å². The molecule has 2 heterocycles. The third kappa shape index (κ3) is 5.65. The lowest BCUT2D eigenvalue weighted by atomic mass is 9.92. The van der Waals surface area contributed by atoms with Crippen molar-refractivity contribution in [2.45, 2.75) is 32.4 Å². The SMILES string of the molecule is CC(CNC(=O)C(N)C1CCOCC1)Cn1cccn1.Cl. The van der Waals surface area contributed by atoms with Gasteiger partial charge in [0.15, 0.2) is 0 Å². The Bertz CT molecular complexity index is 407. The van der Waals surface area contributed by atoms with Crippen molar-refractivity contribution >= 4 is 18.3 Å². The molecule has 0 saturated carbocycles. The lowest BCUT2D eigenvalue weighted by Gasteiger charge is -2.27. The maximum absolute atomic E-state index is 12.0. The lowest BCUT2D eigenvalue weighted by molar-refractivity contribution is -0.124. The number of carbonyl (C=O) groups excluding carboxylic acids is 1. The summed E-state index contributed by atoms with van der Waals surface area (Å²) in [7, 11) is 0. The molecule has 0 radical (unpaired) electrons. The van der Waals surface area contributed by atoms with Crippen molar-refractivity contribution in [2.75, 3.05) is 19.8 Å². The average molecular weight is 317 g/mol. The molecule has 120 valence electrons. The van der Waals surface area contributed by atoms with Crippen LogP contribution in [0.2, 0.25) is 0 Å². The van der Waals surface area contributed by atoms with E-state index in [2.05, 4.69) is 17.3 Å². The van der Waals surface area contributed by atoms with Crippen molar-refractivity contribution in [3.8, 4) is 0 Å². The first-order chi connectivity index (χ1) is 9.66. The van der Waals surface area contributed by atoms with E-state index in [-0.39, 0.29) is 24.2 Å². The number of aromatic nitrogens is 2. The van der Waals surface area contributed by atoms with E-state index in [1.165, 1.54) is 0 Å². The Labute approximate surface area is 131 Å². The van der Waals surface area contributed by atoms with Gasteiger partial charge in [-0.1, -0.05) is 6.92 Å². The van der Waals surface area contributed by atoms with Gasteiger partial charge in [-0.3, -0.25) is 9.48 Å². The molecule has 1 aromatic heterocycles. The number of nitrogens with two attached hydrogens (primary N) is 1. The minimum absolute atomic E-state index is 0. The highest BCUT2D eigenvalue weighted by Crippen LogP contribution is 2.17. The topological polar surface area (TPSA) is 82.2 Å². The second-order valence-electron chi connectivity index (χ2n) is 5.55. The quantitative estimate of drug-likeness (QED) is 0.813.